The van der Waals surface area contributed by atoms with Gasteiger partial charge in [-0.1, -0.05) is 0 Å². The number of ether oxygens (including phenoxy) is 2. The van der Waals surface area contributed by atoms with Crippen LogP contribution in [0.25, 0.3) is 0 Å². The Kier molecular flexibility index (Phi) is 3.92. The zero-order chi connectivity index (χ0) is 15.0. The summed E-state index contributed by atoms with van der Waals surface area (Å²) in [6.07, 6.45) is 2.88. The lowest BCUT2D eigenvalue weighted by molar-refractivity contribution is -0.145. The van der Waals surface area contributed by atoms with Crippen molar-refractivity contribution in [2.45, 2.75) is 57.6 Å². The minimum Gasteiger partial charge on any atom is -0.465 e. The number of thiazole rings is 1. The molecule has 0 amide bonds. The van der Waals surface area contributed by atoms with E-state index >= 15 is 0 Å². The molecule has 1 aromatic heterocycles. The lowest BCUT2D eigenvalue weighted by Gasteiger charge is -2.28. The van der Waals surface area contributed by atoms with Crippen LogP contribution >= 0.6 is 11.3 Å². The number of aromatic nitrogens is 1. The summed E-state index contributed by atoms with van der Waals surface area (Å²) in [7, 11) is 0. The van der Waals surface area contributed by atoms with E-state index < -0.39 is 0 Å². The molecule has 0 radical (unpaired) electrons. The van der Waals surface area contributed by atoms with Crippen LogP contribution in [0.15, 0.2) is 0 Å². The molecule has 2 aliphatic rings. The monoisotopic (exact) mass is 310 g/mol. The second-order valence-corrected chi connectivity index (χ2v) is 7.06. The first-order valence-electron chi connectivity index (χ1n) is 7.59. The normalized spacial score (nSPS) is 31.2. The van der Waals surface area contributed by atoms with E-state index in [1.165, 1.54) is 4.88 Å². The van der Waals surface area contributed by atoms with Gasteiger partial charge in [0, 0.05) is 11.5 Å². The van der Waals surface area contributed by atoms with Gasteiger partial charge >= 0.3 is 5.97 Å². The van der Waals surface area contributed by atoms with Gasteiger partial charge < -0.3 is 14.8 Å². The molecule has 5 nitrogen and oxygen atoms in total. The Bertz CT molecular complexity index is 545. The van der Waals surface area contributed by atoms with Crippen LogP contribution in [0, 0.1) is 0 Å². The fourth-order valence-corrected chi connectivity index (χ4v) is 4.17. The number of hydrogen-bond donors (Lipinski definition) is 1. The molecule has 116 valence electrons. The predicted molar refractivity (Wildman–Crippen MR) is 81.9 cm³/mol. The van der Waals surface area contributed by atoms with Gasteiger partial charge in [-0.05, 0) is 40.0 Å². The van der Waals surface area contributed by atoms with E-state index in [1.54, 1.807) is 11.3 Å². The molecular weight excluding hydrogens is 288 g/mol. The predicted octanol–water partition coefficient (Wildman–Crippen LogP) is 2.72. The first-order chi connectivity index (χ1) is 10.0. The maximum absolute atomic E-state index is 12.0. The van der Waals surface area contributed by atoms with Crippen LogP contribution in [0.2, 0.25) is 0 Å². The molecule has 2 heterocycles. The molecule has 1 aromatic rings. The average Bonchev–Trinajstić information content (AvgIpc) is 3.06. The number of anilines is 1. The van der Waals surface area contributed by atoms with Crippen LogP contribution in [-0.4, -0.2) is 35.8 Å². The Labute approximate surface area is 129 Å². The molecule has 0 spiro atoms. The third-order valence-electron chi connectivity index (χ3n) is 4.57. The quantitative estimate of drug-likeness (QED) is 0.867. The van der Waals surface area contributed by atoms with Crippen LogP contribution in [0.5, 0.6) is 0 Å². The van der Waals surface area contributed by atoms with E-state index in [9.17, 15) is 4.79 Å². The van der Waals surface area contributed by atoms with Gasteiger partial charge in [0.2, 0.25) is 0 Å². The molecule has 21 heavy (non-hydrogen) atoms. The molecule has 3 rings (SSSR count). The van der Waals surface area contributed by atoms with E-state index in [1.807, 2.05) is 6.92 Å². The smallest absolute Gasteiger partial charge is 0.315 e. The molecule has 3 atom stereocenters. The van der Waals surface area contributed by atoms with Crippen molar-refractivity contribution in [3.8, 4) is 0 Å². The SMILES string of the molecule is CCOC(=O)C1CCc2sc(NC3(C)CCOC3C)nc21. The molecule has 3 unspecified atom stereocenters. The second kappa shape index (κ2) is 5.57. The summed E-state index contributed by atoms with van der Waals surface area (Å²) in [6, 6.07) is 0. The Hall–Kier alpha value is -1.14. The maximum atomic E-state index is 12.0. The largest absolute Gasteiger partial charge is 0.465 e. The third kappa shape index (κ3) is 2.66. The molecule has 1 N–H and O–H groups in total. The van der Waals surface area contributed by atoms with Crippen molar-refractivity contribution < 1.29 is 14.3 Å². The van der Waals surface area contributed by atoms with Crippen LogP contribution in [0.1, 0.15) is 50.1 Å². The number of rotatable bonds is 4. The van der Waals surface area contributed by atoms with E-state index in [0.717, 1.165) is 36.7 Å². The van der Waals surface area contributed by atoms with E-state index in [0.29, 0.717) is 6.61 Å². The molecule has 1 aliphatic heterocycles. The van der Waals surface area contributed by atoms with Crippen molar-refractivity contribution in [3.05, 3.63) is 10.6 Å². The van der Waals surface area contributed by atoms with Crippen molar-refractivity contribution in [3.63, 3.8) is 0 Å². The molecule has 1 saturated heterocycles. The van der Waals surface area contributed by atoms with Gasteiger partial charge in [-0.2, -0.15) is 0 Å². The summed E-state index contributed by atoms with van der Waals surface area (Å²) in [5.41, 5.74) is 0.835. The van der Waals surface area contributed by atoms with Gasteiger partial charge in [-0.15, -0.1) is 11.3 Å². The molecule has 0 saturated carbocycles. The van der Waals surface area contributed by atoms with Gasteiger partial charge in [0.05, 0.1) is 23.9 Å². The number of nitrogens with one attached hydrogen (secondary N) is 1. The van der Waals surface area contributed by atoms with Gasteiger partial charge in [-0.25, -0.2) is 4.98 Å². The van der Waals surface area contributed by atoms with E-state index in [2.05, 4.69) is 24.1 Å². The number of hydrogen-bond acceptors (Lipinski definition) is 6. The molecule has 6 heteroatoms. The summed E-state index contributed by atoms with van der Waals surface area (Å²) < 4.78 is 10.8. The summed E-state index contributed by atoms with van der Waals surface area (Å²) in [5.74, 6) is -0.325. The minimum atomic E-state index is -0.184. The Morgan fingerprint density at radius 1 is 1.62 bits per heavy atom. The number of aryl methyl sites for hydroxylation is 1. The number of esters is 1. The fourth-order valence-electron chi connectivity index (χ4n) is 3.00. The standard InChI is InChI=1S/C15H22N2O3S/c1-4-19-13(18)10-5-6-11-12(10)16-14(21-11)17-15(3)7-8-20-9(15)2/h9-10H,4-8H2,1-3H3,(H,16,17). The van der Waals surface area contributed by atoms with Crippen molar-refractivity contribution >= 4 is 22.4 Å². The van der Waals surface area contributed by atoms with E-state index in [-0.39, 0.29) is 23.5 Å². The number of fused-ring (bicyclic) bond motifs is 1. The number of carbonyl (C=O) groups is 1. The lowest BCUT2D eigenvalue weighted by atomic mass is 9.95. The second-order valence-electron chi connectivity index (χ2n) is 5.98. The lowest BCUT2D eigenvalue weighted by Crippen LogP contribution is -2.41. The first-order valence-corrected chi connectivity index (χ1v) is 8.41. The molecule has 0 aromatic carbocycles. The number of nitrogens with zero attached hydrogens (tertiary/aromatic N) is 1. The number of carbonyl (C=O) groups excluding carboxylic acids is 1. The summed E-state index contributed by atoms with van der Waals surface area (Å²) in [6.45, 7) is 7.29. The molecular formula is C15H22N2O3S. The van der Waals surface area contributed by atoms with Crippen molar-refractivity contribution in [2.75, 3.05) is 18.5 Å². The van der Waals surface area contributed by atoms with Crippen molar-refractivity contribution in [2.24, 2.45) is 0 Å². The highest BCUT2D eigenvalue weighted by Gasteiger charge is 2.39. The summed E-state index contributed by atoms with van der Waals surface area (Å²) in [4.78, 5) is 17.9. The Balaban J connectivity index is 1.76. The topological polar surface area (TPSA) is 60.5 Å². The first kappa shape index (κ1) is 14.8. The van der Waals surface area contributed by atoms with Crippen LogP contribution in [0.4, 0.5) is 5.13 Å². The van der Waals surface area contributed by atoms with Crippen molar-refractivity contribution in [1.29, 1.82) is 0 Å². The zero-order valence-corrected chi connectivity index (χ0v) is 13.6. The van der Waals surface area contributed by atoms with E-state index in [4.69, 9.17) is 9.47 Å². The minimum absolute atomic E-state index is 0.0784. The highest BCUT2D eigenvalue weighted by Crippen LogP contribution is 2.40. The maximum Gasteiger partial charge on any atom is 0.315 e. The fraction of sp³-hybridized carbons (Fsp3) is 0.733. The van der Waals surface area contributed by atoms with Crippen molar-refractivity contribution in [1.82, 2.24) is 4.98 Å². The molecule has 1 aliphatic carbocycles. The third-order valence-corrected chi connectivity index (χ3v) is 5.61. The van der Waals surface area contributed by atoms with Gasteiger partial charge in [0.25, 0.3) is 0 Å². The average molecular weight is 310 g/mol. The Morgan fingerprint density at radius 2 is 2.43 bits per heavy atom. The van der Waals surface area contributed by atoms with Gasteiger partial charge in [-0.3, -0.25) is 4.79 Å². The van der Waals surface area contributed by atoms with Crippen LogP contribution in [0.3, 0.4) is 0 Å². The highest BCUT2D eigenvalue weighted by molar-refractivity contribution is 7.15. The van der Waals surface area contributed by atoms with Gasteiger partial charge in [0.15, 0.2) is 5.13 Å². The Morgan fingerprint density at radius 3 is 3.10 bits per heavy atom. The van der Waals surface area contributed by atoms with Gasteiger partial charge in [0.1, 0.15) is 5.92 Å². The zero-order valence-electron chi connectivity index (χ0n) is 12.8. The summed E-state index contributed by atoms with van der Waals surface area (Å²) in [5, 5.41) is 4.42. The molecule has 1 fully saturated rings. The van der Waals surface area contributed by atoms with Crippen LogP contribution in [-0.2, 0) is 20.7 Å². The molecule has 0 bridgehead atoms. The highest BCUT2D eigenvalue weighted by atomic mass is 32.1. The summed E-state index contributed by atoms with van der Waals surface area (Å²) >= 11 is 1.66. The van der Waals surface area contributed by atoms with Crippen LogP contribution < -0.4 is 5.32 Å².